The first kappa shape index (κ1) is 40.6. The van der Waals surface area contributed by atoms with E-state index in [0.717, 1.165) is 11.1 Å². The highest BCUT2D eigenvalue weighted by molar-refractivity contribution is 6.33. The van der Waals surface area contributed by atoms with E-state index in [4.69, 9.17) is 26.9 Å². The Morgan fingerprint density at radius 1 is 0.489 bits per heavy atom. The van der Waals surface area contributed by atoms with Gasteiger partial charge in [-0.3, -0.25) is 0 Å². The third-order valence-corrected chi connectivity index (χ3v) is 7.59. The van der Waals surface area contributed by atoms with E-state index in [1.54, 1.807) is 42.5 Å². The summed E-state index contributed by atoms with van der Waals surface area (Å²) in [7, 11) is 0. The van der Waals surface area contributed by atoms with Crippen LogP contribution in [-0.4, -0.2) is 33.2 Å². The summed E-state index contributed by atoms with van der Waals surface area (Å²) in [5, 5.41) is 26.4. The van der Waals surface area contributed by atoms with E-state index < -0.39 is 17.9 Å². The summed E-state index contributed by atoms with van der Waals surface area (Å²) in [5.41, 5.74) is 6.86. The first-order valence-corrected chi connectivity index (χ1v) is 16.1. The van der Waals surface area contributed by atoms with Crippen molar-refractivity contribution in [3.8, 4) is 0 Å². The summed E-state index contributed by atoms with van der Waals surface area (Å²) in [6.45, 7) is 18.8. The zero-order valence-corrected chi connectivity index (χ0v) is 29.7. The van der Waals surface area contributed by atoms with Crippen LogP contribution >= 0.6 is 11.6 Å². The summed E-state index contributed by atoms with van der Waals surface area (Å²) in [6, 6.07) is 27.8. The molecule has 4 aromatic carbocycles. The maximum Gasteiger partial charge on any atom is 0.337 e. The van der Waals surface area contributed by atoms with Crippen LogP contribution in [0, 0.1) is 6.92 Å². The number of hydrogen-bond acceptors (Lipinski definition) is 3. The molecule has 6 nitrogen and oxygen atoms in total. The number of benzene rings is 4. The number of carboxylic acids is 3. The molecule has 0 unspecified atom stereocenters. The van der Waals surface area contributed by atoms with Crippen molar-refractivity contribution in [3.63, 3.8) is 0 Å². The largest absolute Gasteiger partial charge is 0.478 e. The van der Waals surface area contributed by atoms with Crippen molar-refractivity contribution in [1.29, 1.82) is 0 Å². The van der Waals surface area contributed by atoms with E-state index in [-0.39, 0.29) is 10.6 Å². The molecule has 0 atom stereocenters. The lowest BCUT2D eigenvalue weighted by Crippen LogP contribution is -1.99. The molecule has 47 heavy (non-hydrogen) atoms. The quantitative estimate of drug-likeness (QED) is 0.182. The Labute approximate surface area is 285 Å². The minimum Gasteiger partial charge on any atom is -0.478 e. The number of carboxylic acid groups (broad SMARTS) is 3. The average molecular weight is 661 g/mol. The van der Waals surface area contributed by atoms with Crippen molar-refractivity contribution in [3.05, 3.63) is 141 Å². The van der Waals surface area contributed by atoms with Gasteiger partial charge in [0.25, 0.3) is 0 Å². The molecule has 4 aromatic rings. The monoisotopic (exact) mass is 660 g/mol. The maximum atomic E-state index is 10.7. The summed E-state index contributed by atoms with van der Waals surface area (Å²) in [5.74, 6) is -0.914. The maximum absolute atomic E-state index is 10.7. The standard InChI is InChI=1S/C10H11ClO2.2C10H12O2.C10H14/c1-6(2)7-3-4-9(11)8(5-7)10(12)13;1-7(2)8-3-5-9(6-4-8)10(11)12;1-7(2)8-4-3-5-9(6-8)10(11)12;1-8(2)10-6-4-9(3)5-7-10/h3-6H,1-2H3,(H,12,13);2*3-7H,1-2H3,(H,11,12);4-8H,1-3H3. The Hall–Kier alpha value is -4.42. The van der Waals surface area contributed by atoms with Gasteiger partial charge >= 0.3 is 17.9 Å². The molecule has 0 bridgehead atoms. The van der Waals surface area contributed by atoms with E-state index in [0.29, 0.717) is 34.8 Å². The van der Waals surface area contributed by atoms with Gasteiger partial charge in [0.15, 0.2) is 0 Å². The number of aryl methyl sites for hydroxylation is 1. The molecule has 0 saturated heterocycles. The molecule has 0 aliphatic carbocycles. The van der Waals surface area contributed by atoms with E-state index in [1.807, 2.05) is 52.0 Å². The minimum absolute atomic E-state index is 0.174. The average Bonchev–Trinajstić information content (AvgIpc) is 3.02. The Morgan fingerprint density at radius 2 is 0.894 bits per heavy atom. The normalized spacial score (nSPS) is 10.3. The van der Waals surface area contributed by atoms with Crippen molar-refractivity contribution >= 4 is 29.5 Å². The van der Waals surface area contributed by atoms with Crippen molar-refractivity contribution < 1.29 is 29.7 Å². The SMILES string of the molecule is CC(C)c1ccc(C(=O)O)cc1.CC(C)c1ccc(Cl)c(C(=O)O)c1.CC(C)c1cccc(C(=O)O)c1.Cc1ccc(C(C)C)cc1. The molecule has 0 spiro atoms. The van der Waals surface area contributed by atoms with Crippen molar-refractivity contribution in [2.24, 2.45) is 0 Å². The third-order valence-electron chi connectivity index (χ3n) is 7.26. The fraction of sp³-hybridized carbons (Fsp3) is 0.325. The number of halogens is 1. The predicted molar refractivity (Wildman–Crippen MR) is 193 cm³/mol. The van der Waals surface area contributed by atoms with E-state index in [9.17, 15) is 14.4 Å². The molecule has 0 aromatic heterocycles. The van der Waals surface area contributed by atoms with Gasteiger partial charge in [-0.1, -0.05) is 127 Å². The van der Waals surface area contributed by atoms with Gasteiger partial charge in [-0.05, 0) is 89.2 Å². The Morgan fingerprint density at radius 3 is 1.30 bits per heavy atom. The van der Waals surface area contributed by atoms with Gasteiger partial charge in [-0.25, -0.2) is 14.4 Å². The van der Waals surface area contributed by atoms with Gasteiger partial charge in [0.1, 0.15) is 0 Å². The highest BCUT2D eigenvalue weighted by Crippen LogP contribution is 2.22. The van der Waals surface area contributed by atoms with Crippen LogP contribution < -0.4 is 0 Å². The van der Waals surface area contributed by atoms with Crippen molar-refractivity contribution in [1.82, 2.24) is 0 Å². The number of carbonyl (C=O) groups is 3. The lowest BCUT2D eigenvalue weighted by Gasteiger charge is -2.06. The van der Waals surface area contributed by atoms with Crippen LogP contribution in [-0.2, 0) is 0 Å². The molecule has 0 heterocycles. The summed E-state index contributed by atoms with van der Waals surface area (Å²) in [6.07, 6.45) is 0. The second kappa shape index (κ2) is 20.0. The van der Waals surface area contributed by atoms with Crippen LogP contribution in [0.1, 0.15) is 138 Å². The van der Waals surface area contributed by atoms with Gasteiger partial charge < -0.3 is 15.3 Å². The molecule has 3 N–H and O–H groups in total. The Bertz CT molecular complexity index is 1570. The number of hydrogen-bond donors (Lipinski definition) is 3. The zero-order chi connectivity index (χ0) is 35.8. The van der Waals surface area contributed by atoms with Gasteiger partial charge in [-0.2, -0.15) is 0 Å². The summed E-state index contributed by atoms with van der Waals surface area (Å²) >= 11 is 5.72. The van der Waals surface area contributed by atoms with Crippen LogP contribution in [0.5, 0.6) is 0 Å². The number of aromatic carboxylic acids is 3. The van der Waals surface area contributed by atoms with E-state index in [2.05, 4.69) is 58.9 Å². The van der Waals surface area contributed by atoms with Crippen LogP contribution in [0.15, 0.2) is 91.0 Å². The molecule has 7 heteroatoms. The molecule has 0 aliphatic heterocycles. The molecular formula is C40H49ClO6. The molecule has 0 aliphatic rings. The second-order valence-electron chi connectivity index (χ2n) is 12.4. The van der Waals surface area contributed by atoms with Crippen molar-refractivity contribution in [2.75, 3.05) is 0 Å². The van der Waals surface area contributed by atoms with Crippen LogP contribution in [0.3, 0.4) is 0 Å². The first-order chi connectivity index (χ1) is 21.9. The Kier molecular flexibility index (Phi) is 17.2. The summed E-state index contributed by atoms with van der Waals surface area (Å²) in [4.78, 5) is 31.8. The van der Waals surface area contributed by atoms with Crippen LogP contribution in [0.4, 0.5) is 0 Å². The highest BCUT2D eigenvalue weighted by atomic mass is 35.5. The predicted octanol–water partition coefficient (Wildman–Crippen LogP) is 11.3. The summed E-state index contributed by atoms with van der Waals surface area (Å²) < 4.78 is 0. The molecule has 4 rings (SSSR count). The van der Waals surface area contributed by atoms with Gasteiger partial charge in [0.2, 0.25) is 0 Å². The lowest BCUT2D eigenvalue weighted by atomic mass is 10.0. The third kappa shape index (κ3) is 14.7. The molecule has 0 fully saturated rings. The fourth-order valence-electron chi connectivity index (χ4n) is 4.06. The van der Waals surface area contributed by atoms with E-state index in [1.165, 1.54) is 16.7 Å². The molecule has 0 amide bonds. The van der Waals surface area contributed by atoms with Crippen LogP contribution in [0.25, 0.3) is 0 Å². The fourth-order valence-corrected chi connectivity index (χ4v) is 4.26. The van der Waals surface area contributed by atoms with Gasteiger partial charge in [0, 0.05) is 0 Å². The second-order valence-corrected chi connectivity index (χ2v) is 12.8. The molecule has 0 saturated carbocycles. The first-order valence-electron chi connectivity index (χ1n) is 15.7. The molecule has 252 valence electrons. The Balaban J connectivity index is 0.000000315. The van der Waals surface area contributed by atoms with Crippen molar-refractivity contribution in [2.45, 2.75) is 86.0 Å². The smallest absolute Gasteiger partial charge is 0.337 e. The lowest BCUT2D eigenvalue weighted by molar-refractivity contribution is 0.0686. The highest BCUT2D eigenvalue weighted by Gasteiger charge is 2.10. The molecule has 0 radical (unpaired) electrons. The minimum atomic E-state index is -0.979. The van der Waals surface area contributed by atoms with E-state index >= 15 is 0 Å². The van der Waals surface area contributed by atoms with Crippen LogP contribution in [0.2, 0.25) is 5.02 Å². The zero-order valence-electron chi connectivity index (χ0n) is 28.9. The topological polar surface area (TPSA) is 112 Å². The van der Waals surface area contributed by atoms with Gasteiger partial charge in [-0.15, -0.1) is 0 Å². The molecular weight excluding hydrogens is 612 g/mol. The van der Waals surface area contributed by atoms with Gasteiger partial charge in [0.05, 0.1) is 21.7 Å². The number of rotatable bonds is 7.